The van der Waals surface area contributed by atoms with Gasteiger partial charge in [0, 0.05) is 32.2 Å². The van der Waals surface area contributed by atoms with Crippen LogP contribution in [0.3, 0.4) is 0 Å². The molecule has 0 bridgehead atoms. The number of nitrogens with one attached hydrogen (secondary N) is 1. The minimum absolute atomic E-state index is 0.436. The lowest BCUT2D eigenvalue weighted by Gasteiger charge is -2.31. The van der Waals surface area contributed by atoms with Crippen LogP contribution in [0.2, 0.25) is 0 Å². The zero-order valence-corrected chi connectivity index (χ0v) is 22.1. The van der Waals surface area contributed by atoms with Crippen LogP contribution in [-0.2, 0) is 9.47 Å². The Labute approximate surface area is 228 Å². The second kappa shape index (κ2) is 13.6. The van der Waals surface area contributed by atoms with Gasteiger partial charge in [0.15, 0.2) is 5.82 Å². The van der Waals surface area contributed by atoms with E-state index >= 15 is 0 Å². The molecule has 5 rings (SSSR count). The number of benzene rings is 2. The van der Waals surface area contributed by atoms with E-state index in [-0.39, 0.29) is 0 Å². The van der Waals surface area contributed by atoms with Gasteiger partial charge in [0.1, 0.15) is 36.3 Å². The molecular weight excluding hydrogens is 500 g/mol. The second-order valence-electron chi connectivity index (χ2n) is 8.92. The Hall–Kier alpha value is -4.09. The first kappa shape index (κ1) is 26.5. The molecule has 1 N–H and O–H groups in total. The molecule has 39 heavy (non-hydrogen) atoms. The predicted molar refractivity (Wildman–Crippen MR) is 150 cm³/mol. The topological polar surface area (TPSA) is 103 Å². The third-order valence-electron chi connectivity index (χ3n) is 6.28. The average molecular weight is 535 g/mol. The lowest BCUT2D eigenvalue weighted by atomic mass is 10.2. The number of hydrazone groups is 1. The Morgan fingerprint density at radius 2 is 1.36 bits per heavy atom. The molecule has 2 fully saturated rings. The van der Waals surface area contributed by atoms with Crippen molar-refractivity contribution < 1.29 is 23.7 Å². The van der Waals surface area contributed by atoms with Gasteiger partial charge in [-0.1, -0.05) is 0 Å². The van der Waals surface area contributed by atoms with Crippen LogP contribution >= 0.6 is 0 Å². The third kappa shape index (κ3) is 7.71. The van der Waals surface area contributed by atoms with Gasteiger partial charge in [0.2, 0.25) is 5.95 Å². The van der Waals surface area contributed by atoms with E-state index < -0.39 is 0 Å². The molecule has 0 aliphatic carbocycles. The van der Waals surface area contributed by atoms with Gasteiger partial charge >= 0.3 is 0 Å². The average Bonchev–Trinajstić information content (AvgIpc) is 3.01. The highest BCUT2D eigenvalue weighted by atomic mass is 16.5. The minimum atomic E-state index is 0.436. The van der Waals surface area contributed by atoms with Crippen molar-refractivity contribution in [3.05, 3.63) is 60.2 Å². The van der Waals surface area contributed by atoms with Gasteiger partial charge in [-0.05, 0) is 54.1 Å². The summed E-state index contributed by atoms with van der Waals surface area (Å²) in [6.45, 7) is 6.70. The van der Waals surface area contributed by atoms with Crippen LogP contribution in [-0.4, -0.2) is 89.1 Å². The standard InChI is InChI=1S/C28H34N6O5/c1-35-23-6-8-25(9-7-23)39-19-18-38-24-4-2-22(3-5-24)21-29-32-26-20-27(33-10-14-36-15-11-33)31-28(30-26)34-12-16-37-17-13-34/h2-9,20-21H,10-19H2,1H3,(H,30,31,32). The number of rotatable bonds is 11. The Kier molecular flexibility index (Phi) is 9.27. The summed E-state index contributed by atoms with van der Waals surface area (Å²) in [5.74, 6) is 4.52. The van der Waals surface area contributed by atoms with Gasteiger partial charge < -0.3 is 33.5 Å². The molecule has 11 nitrogen and oxygen atoms in total. The van der Waals surface area contributed by atoms with Crippen molar-refractivity contribution >= 4 is 23.8 Å². The first-order chi connectivity index (χ1) is 19.3. The molecular formula is C28H34N6O5. The summed E-state index contributed by atoms with van der Waals surface area (Å²) in [6.07, 6.45) is 1.75. The van der Waals surface area contributed by atoms with E-state index in [2.05, 4.69) is 20.3 Å². The van der Waals surface area contributed by atoms with E-state index in [0.717, 1.165) is 54.8 Å². The number of ether oxygens (including phenoxy) is 5. The Morgan fingerprint density at radius 3 is 1.97 bits per heavy atom. The molecule has 0 amide bonds. The van der Waals surface area contributed by atoms with E-state index in [1.807, 2.05) is 54.6 Å². The molecule has 1 aromatic heterocycles. The van der Waals surface area contributed by atoms with Crippen LogP contribution in [0.5, 0.6) is 17.2 Å². The van der Waals surface area contributed by atoms with Gasteiger partial charge in [-0.15, -0.1) is 0 Å². The summed E-state index contributed by atoms with van der Waals surface area (Å²) in [6, 6.07) is 17.1. The Balaban J connectivity index is 1.14. The van der Waals surface area contributed by atoms with Crippen molar-refractivity contribution in [3.8, 4) is 17.2 Å². The molecule has 2 aliphatic heterocycles. The summed E-state index contributed by atoms with van der Waals surface area (Å²) < 4.78 is 27.6. The van der Waals surface area contributed by atoms with Crippen LogP contribution in [0.4, 0.5) is 17.6 Å². The first-order valence-electron chi connectivity index (χ1n) is 13.1. The van der Waals surface area contributed by atoms with E-state index in [4.69, 9.17) is 33.7 Å². The molecule has 0 saturated carbocycles. The lowest BCUT2D eigenvalue weighted by Crippen LogP contribution is -2.39. The third-order valence-corrected chi connectivity index (χ3v) is 6.28. The minimum Gasteiger partial charge on any atom is -0.497 e. The SMILES string of the molecule is COc1ccc(OCCOc2ccc(C=NNc3cc(N4CCOCC4)nc(N4CCOCC4)n3)cc2)cc1. The summed E-state index contributed by atoms with van der Waals surface area (Å²) in [5.41, 5.74) is 4.01. The van der Waals surface area contributed by atoms with Crippen molar-refractivity contribution in [1.82, 2.24) is 9.97 Å². The molecule has 3 aromatic rings. The summed E-state index contributed by atoms with van der Waals surface area (Å²) in [4.78, 5) is 13.9. The zero-order valence-electron chi connectivity index (χ0n) is 22.1. The zero-order chi connectivity index (χ0) is 26.7. The normalized spacial score (nSPS) is 15.8. The van der Waals surface area contributed by atoms with Crippen molar-refractivity contribution in [2.75, 3.05) is 88.2 Å². The molecule has 0 spiro atoms. The van der Waals surface area contributed by atoms with E-state index in [1.54, 1.807) is 13.3 Å². The highest BCUT2D eigenvalue weighted by Crippen LogP contribution is 2.22. The van der Waals surface area contributed by atoms with Crippen LogP contribution in [0, 0.1) is 0 Å². The van der Waals surface area contributed by atoms with Crippen LogP contribution in [0.15, 0.2) is 59.7 Å². The monoisotopic (exact) mass is 534 g/mol. The number of hydrogen-bond acceptors (Lipinski definition) is 11. The van der Waals surface area contributed by atoms with Crippen LogP contribution < -0.4 is 29.4 Å². The van der Waals surface area contributed by atoms with E-state index in [1.165, 1.54) is 0 Å². The van der Waals surface area contributed by atoms with Gasteiger partial charge in [0.25, 0.3) is 0 Å². The maximum Gasteiger partial charge on any atom is 0.229 e. The predicted octanol–water partition coefficient (Wildman–Crippen LogP) is 3.06. The van der Waals surface area contributed by atoms with Gasteiger partial charge in [0.05, 0.1) is 39.8 Å². The summed E-state index contributed by atoms with van der Waals surface area (Å²) in [7, 11) is 1.64. The smallest absolute Gasteiger partial charge is 0.229 e. The second-order valence-corrected chi connectivity index (χ2v) is 8.92. The quantitative estimate of drug-likeness (QED) is 0.224. The first-order valence-corrected chi connectivity index (χ1v) is 13.1. The van der Waals surface area contributed by atoms with Crippen molar-refractivity contribution in [2.45, 2.75) is 0 Å². The maximum absolute atomic E-state index is 5.79. The fourth-order valence-corrected chi connectivity index (χ4v) is 4.15. The molecule has 11 heteroatoms. The van der Waals surface area contributed by atoms with Crippen LogP contribution in [0.1, 0.15) is 5.56 Å². The largest absolute Gasteiger partial charge is 0.497 e. The highest BCUT2D eigenvalue weighted by molar-refractivity contribution is 5.80. The summed E-state index contributed by atoms with van der Waals surface area (Å²) in [5, 5.41) is 4.41. The molecule has 3 heterocycles. The fourth-order valence-electron chi connectivity index (χ4n) is 4.15. The number of methoxy groups -OCH3 is 1. The number of aromatic nitrogens is 2. The number of hydrogen-bond donors (Lipinski definition) is 1. The molecule has 206 valence electrons. The molecule has 0 radical (unpaired) electrons. The number of morpholine rings is 2. The maximum atomic E-state index is 5.79. The molecule has 2 saturated heterocycles. The molecule has 2 aliphatic rings. The highest BCUT2D eigenvalue weighted by Gasteiger charge is 2.19. The lowest BCUT2D eigenvalue weighted by molar-refractivity contribution is 0.121. The fraction of sp³-hybridized carbons (Fsp3) is 0.393. The van der Waals surface area contributed by atoms with E-state index in [9.17, 15) is 0 Å². The van der Waals surface area contributed by atoms with Crippen molar-refractivity contribution in [2.24, 2.45) is 5.10 Å². The number of nitrogens with zero attached hydrogens (tertiary/aromatic N) is 5. The van der Waals surface area contributed by atoms with E-state index in [0.29, 0.717) is 51.4 Å². The van der Waals surface area contributed by atoms with Gasteiger partial charge in [-0.2, -0.15) is 15.1 Å². The molecule has 2 aromatic carbocycles. The van der Waals surface area contributed by atoms with Crippen molar-refractivity contribution in [1.29, 1.82) is 0 Å². The number of anilines is 3. The Bertz CT molecular complexity index is 1160. The van der Waals surface area contributed by atoms with Crippen LogP contribution in [0.25, 0.3) is 0 Å². The summed E-state index contributed by atoms with van der Waals surface area (Å²) >= 11 is 0. The molecule has 0 atom stereocenters. The molecule has 0 unspecified atom stereocenters. The van der Waals surface area contributed by atoms with Gasteiger partial charge in [-0.25, -0.2) is 0 Å². The Morgan fingerprint density at radius 1 is 0.795 bits per heavy atom. The van der Waals surface area contributed by atoms with Crippen molar-refractivity contribution in [3.63, 3.8) is 0 Å². The van der Waals surface area contributed by atoms with Gasteiger partial charge in [-0.3, -0.25) is 5.43 Å².